The Morgan fingerprint density at radius 3 is 2.20 bits per heavy atom. The lowest BCUT2D eigenvalue weighted by Gasteiger charge is -2.19. The standard InChI is InChI=1S/C17H16I2O5S/c1-9(2)11-8-12(10(3)7-15(11)25(21,22)23)17(20)24-16-13(18)5-4-6-14(16)19/h4-9H,1-3H3,(H,21,22,23)/p-1. The highest BCUT2D eigenvalue weighted by Gasteiger charge is 2.21. The first-order valence-corrected chi connectivity index (χ1v) is 10.9. The molecular weight excluding hydrogens is 570 g/mol. The van der Waals surface area contributed by atoms with Gasteiger partial charge in [0.25, 0.3) is 0 Å². The van der Waals surface area contributed by atoms with Gasteiger partial charge >= 0.3 is 5.97 Å². The molecule has 0 radical (unpaired) electrons. The van der Waals surface area contributed by atoms with E-state index < -0.39 is 16.1 Å². The topological polar surface area (TPSA) is 83.5 Å². The molecule has 134 valence electrons. The summed E-state index contributed by atoms with van der Waals surface area (Å²) in [7, 11) is -4.62. The minimum atomic E-state index is -4.62. The summed E-state index contributed by atoms with van der Waals surface area (Å²) in [5.41, 5.74) is 0.932. The van der Waals surface area contributed by atoms with Crippen LogP contribution in [-0.2, 0) is 10.1 Å². The average molecular weight is 585 g/mol. The van der Waals surface area contributed by atoms with Crippen molar-refractivity contribution < 1.29 is 22.5 Å². The smallest absolute Gasteiger partial charge is 0.343 e. The van der Waals surface area contributed by atoms with Crippen LogP contribution in [0.2, 0.25) is 0 Å². The molecule has 0 heterocycles. The number of esters is 1. The monoisotopic (exact) mass is 585 g/mol. The molecule has 2 aromatic rings. The summed E-state index contributed by atoms with van der Waals surface area (Å²) in [5.74, 6) is -0.362. The van der Waals surface area contributed by atoms with Crippen molar-refractivity contribution in [2.24, 2.45) is 0 Å². The molecule has 0 aliphatic heterocycles. The van der Waals surface area contributed by atoms with E-state index in [1.807, 2.05) is 18.2 Å². The SMILES string of the molecule is Cc1cc(S(=O)(=O)[O-])c(C(C)C)cc1C(=O)Oc1c(I)cccc1I. The van der Waals surface area contributed by atoms with Crippen LogP contribution in [0.5, 0.6) is 5.75 Å². The van der Waals surface area contributed by atoms with Crippen molar-refractivity contribution in [1.82, 2.24) is 0 Å². The highest BCUT2D eigenvalue weighted by atomic mass is 127. The van der Waals surface area contributed by atoms with Gasteiger partial charge in [0.15, 0.2) is 5.75 Å². The van der Waals surface area contributed by atoms with Gasteiger partial charge < -0.3 is 9.29 Å². The summed E-state index contributed by atoms with van der Waals surface area (Å²) >= 11 is 4.16. The van der Waals surface area contributed by atoms with Crippen molar-refractivity contribution in [2.75, 3.05) is 0 Å². The second-order valence-corrected chi connectivity index (χ2v) is 9.43. The molecule has 0 amide bonds. The first-order chi connectivity index (χ1) is 11.5. The maximum atomic E-state index is 12.6. The molecular formula is C17H15I2O5S-. The number of carbonyl (C=O) groups excluding carboxylic acids is 1. The number of ether oxygens (including phenoxy) is 1. The van der Waals surface area contributed by atoms with E-state index in [9.17, 15) is 17.8 Å². The van der Waals surface area contributed by atoms with E-state index in [4.69, 9.17) is 4.74 Å². The van der Waals surface area contributed by atoms with Crippen molar-refractivity contribution in [3.8, 4) is 5.75 Å². The fourth-order valence-corrected chi connectivity index (χ4v) is 4.95. The van der Waals surface area contributed by atoms with E-state index in [0.29, 0.717) is 16.9 Å². The van der Waals surface area contributed by atoms with Crippen LogP contribution in [0.25, 0.3) is 0 Å². The third-order valence-corrected chi connectivity index (χ3v) is 6.17. The van der Waals surface area contributed by atoms with E-state index >= 15 is 0 Å². The lowest BCUT2D eigenvalue weighted by atomic mass is 9.97. The van der Waals surface area contributed by atoms with Crippen molar-refractivity contribution in [3.05, 3.63) is 54.2 Å². The van der Waals surface area contributed by atoms with Gasteiger partial charge in [-0.1, -0.05) is 19.9 Å². The van der Waals surface area contributed by atoms with Gasteiger partial charge in [-0.05, 0) is 93.4 Å². The quantitative estimate of drug-likeness (QED) is 0.229. The fourth-order valence-electron chi connectivity index (χ4n) is 2.31. The van der Waals surface area contributed by atoms with Crippen molar-refractivity contribution >= 4 is 61.3 Å². The minimum absolute atomic E-state index is 0.233. The zero-order chi connectivity index (χ0) is 18.9. The number of carbonyl (C=O) groups is 1. The van der Waals surface area contributed by atoms with Crippen LogP contribution in [0.1, 0.15) is 41.3 Å². The van der Waals surface area contributed by atoms with Gasteiger partial charge in [0.2, 0.25) is 0 Å². The third kappa shape index (κ3) is 4.72. The molecule has 0 saturated carbocycles. The van der Waals surface area contributed by atoms with Crippen molar-refractivity contribution in [2.45, 2.75) is 31.6 Å². The molecule has 8 heteroatoms. The molecule has 0 N–H and O–H groups in total. The van der Waals surface area contributed by atoms with Crippen LogP contribution in [0.3, 0.4) is 0 Å². The summed E-state index contributed by atoms with van der Waals surface area (Å²) < 4.78 is 41.6. The molecule has 0 aromatic heterocycles. The third-order valence-electron chi connectivity index (χ3n) is 3.58. The van der Waals surface area contributed by atoms with Gasteiger partial charge in [-0.2, -0.15) is 0 Å². The summed E-state index contributed by atoms with van der Waals surface area (Å²) in [5, 5.41) is 0. The molecule has 0 aliphatic rings. The average Bonchev–Trinajstić information content (AvgIpc) is 2.49. The lowest BCUT2D eigenvalue weighted by molar-refractivity contribution is 0.0731. The van der Waals surface area contributed by atoms with Crippen LogP contribution >= 0.6 is 45.2 Å². The molecule has 2 aromatic carbocycles. The van der Waals surface area contributed by atoms with Crippen LogP contribution in [-0.4, -0.2) is 18.9 Å². The molecule has 2 rings (SSSR count). The van der Waals surface area contributed by atoms with E-state index in [0.717, 1.165) is 7.14 Å². The Morgan fingerprint density at radius 1 is 1.16 bits per heavy atom. The lowest BCUT2D eigenvalue weighted by Crippen LogP contribution is -2.15. The number of para-hydroxylation sites is 1. The Labute approximate surface area is 174 Å². The minimum Gasteiger partial charge on any atom is -0.744 e. The number of benzene rings is 2. The first kappa shape index (κ1) is 20.6. The van der Waals surface area contributed by atoms with Gasteiger partial charge in [0, 0.05) is 0 Å². The number of hydrogen-bond acceptors (Lipinski definition) is 5. The molecule has 0 saturated heterocycles. The van der Waals surface area contributed by atoms with Crippen LogP contribution in [0, 0.1) is 14.1 Å². The number of hydrogen-bond donors (Lipinski definition) is 0. The molecule has 25 heavy (non-hydrogen) atoms. The highest BCUT2D eigenvalue weighted by molar-refractivity contribution is 14.1. The van der Waals surface area contributed by atoms with Crippen LogP contribution in [0.15, 0.2) is 35.2 Å². The van der Waals surface area contributed by atoms with Crippen molar-refractivity contribution in [1.29, 1.82) is 0 Å². The van der Waals surface area contributed by atoms with Gasteiger partial charge in [-0.15, -0.1) is 0 Å². The fraction of sp³-hybridized carbons (Fsp3) is 0.235. The summed E-state index contributed by atoms with van der Waals surface area (Å²) in [4.78, 5) is 12.3. The van der Waals surface area contributed by atoms with E-state index in [2.05, 4.69) is 45.2 Å². The van der Waals surface area contributed by atoms with E-state index in [1.54, 1.807) is 20.8 Å². The zero-order valence-electron chi connectivity index (χ0n) is 13.7. The zero-order valence-corrected chi connectivity index (χ0v) is 18.8. The van der Waals surface area contributed by atoms with Crippen LogP contribution < -0.4 is 4.74 Å². The van der Waals surface area contributed by atoms with Gasteiger partial charge in [-0.25, -0.2) is 13.2 Å². The summed E-state index contributed by atoms with van der Waals surface area (Å²) in [6, 6.07) is 8.19. The van der Waals surface area contributed by atoms with Crippen LogP contribution in [0.4, 0.5) is 0 Å². The number of halogens is 2. The highest BCUT2D eigenvalue weighted by Crippen LogP contribution is 2.30. The first-order valence-electron chi connectivity index (χ1n) is 7.29. The molecule has 0 bridgehead atoms. The van der Waals surface area contributed by atoms with Gasteiger partial charge in [0.05, 0.1) is 17.6 Å². The predicted molar refractivity (Wildman–Crippen MR) is 110 cm³/mol. The molecule has 0 spiro atoms. The van der Waals surface area contributed by atoms with E-state index in [-0.39, 0.29) is 16.4 Å². The largest absolute Gasteiger partial charge is 0.744 e. The normalized spacial score (nSPS) is 11.6. The Kier molecular flexibility index (Phi) is 6.50. The number of aryl methyl sites for hydroxylation is 1. The Balaban J connectivity index is 2.52. The maximum Gasteiger partial charge on any atom is 0.343 e. The summed E-state index contributed by atoms with van der Waals surface area (Å²) in [6.45, 7) is 5.10. The number of rotatable bonds is 4. The maximum absolute atomic E-state index is 12.6. The molecule has 0 atom stereocenters. The second kappa shape index (κ2) is 7.89. The van der Waals surface area contributed by atoms with Crippen molar-refractivity contribution in [3.63, 3.8) is 0 Å². The van der Waals surface area contributed by atoms with Gasteiger partial charge in [0.1, 0.15) is 10.1 Å². The second-order valence-electron chi connectivity index (χ2n) is 5.75. The Morgan fingerprint density at radius 2 is 1.72 bits per heavy atom. The van der Waals surface area contributed by atoms with E-state index in [1.165, 1.54) is 12.1 Å². The predicted octanol–water partition coefficient (Wildman–Crippen LogP) is 4.45. The molecule has 0 unspecified atom stereocenters. The molecule has 5 nitrogen and oxygen atoms in total. The Hall–Kier alpha value is -0.720. The Bertz CT molecular complexity index is 916. The van der Waals surface area contributed by atoms with Gasteiger partial charge in [-0.3, -0.25) is 0 Å². The molecule has 0 fully saturated rings. The summed E-state index contributed by atoms with van der Waals surface area (Å²) in [6.07, 6.45) is 0. The molecule has 0 aliphatic carbocycles.